The van der Waals surface area contributed by atoms with Crippen LogP contribution in [0.2, 0.25) is 182 Å². The zero-order chi connectivity index (χ0) is 52.7. The maximum absolute atomic E-state index is 3.27. The molecular formula is C57H106Si10. The fraction of sp³-hybridized carbons (Fsp3) is 0.614. The van der Waals surface area contributed by atoms with Gasteiger partial charge in [-0.3, -0.25) is 0 Å². The first-order valence-electron chi connectivity index (χ1n) is 26.3. The smallest absolute Gasteiger partial charge is 0.0656 e. The molecule has 0 nitrogen and oxygen atoms in total. The number of hydrogen-bond donors (Lipinski definition) is 0. The molecule has 0 fully saturated rings. The summed E-state index contributed by atoms with van der Waals surface area (Å²) in [5.41, 5.74) is 12.1. The van der Waals surface area contributed by atoms with Crippen LogP contribution >= 0.6 is 0 Å². The summed E-state index contributed by atoms with van der Waals surface area (Å²) < 4.78 is 0. The van der Waals surface area contributed by atoms with Gasteiger partial charge >= 0.3 is 0 Å². The highest BCUT2D eigenvalue weighted by Gasteiger charge is 2.59. The number of hydrogen-bond acceptors (Lipinski definition) is 0. The van der Waals surface area contributed by atoms with Crippen molar-refractivity contribution in [2.45, 2.75) is 231 Å². The molecule has 0 atom stereocenters. The van der Waals surface area contributed by atoms with Gasteiger partial charge in [-0.25, -0.2) is 0 Å². The average molecular weight is 1070 g/mol. The maximum Gasteiger partial charge on any atom is 0.159 e. The number of rotatable bonds is 13. The van der Waals surface area contributed by atoms with Crippen LogP contribution in [0.5, 0.6) is 0 Å². The van der Waals surface area contributed by atoms with Crippen LogP contribution in [-0.4, -0.2) is 80.7 Å². The van der Waals surface area contributed by atoms with E-state index >= 15 is 0 Å². The van der Waals surface area contributed by atoms with Crippen molar-refractivity contribution in [3.8, 4) is 0 Å². The monoisotopic (exact) mass is 1070 g/mol. The molecule has 1 aliphatic carbocycles. The molecule has 0 saturated heterocycles. The summed E-state index contributed by atoms with van der Waals surface area (Å²) in [6.07, 6.45) is 0. The minimum Gasteiger partial charge on any atom is -0.0656 e. The lowest BCUT2D eigenvalue weighted by Crippen LogP contribution is -2.86. The van der Waals surface area contributed by atoms with Crippen molar-refractivity contribution < 1.29 is 0 Å². The van der Waals surface area contributed by atoms with Crippen LogP contribution in [-0.2, 0) is 0 Å². The second-order valence-corrected chi connectivity index (χ2v) is 80.1. The van der Waals surface area contributed by atoms with E-state index in [-0.39, 0.29) is 0 Å². The second-order valence-electron chi connectivity index (χ2n) is 31.1. The van der Waals surface area contributed by atoms with Gasteiger partial charge in [0, 0.05) is 5.54 Å². The molecule has 0 heterocycles. The predicted molar refractivity (Wildman–Crippen MR) is 346 cm³/mol. The van der Waals surface area contributed by atoms with Crippen molar-refractivity contribution in [3.63, 3.8) is 0 Å². The average Bonchev–Trinajstić information content (AvgIpc) is 3.26. The van der Waals surface area contributed by atoms with Crippen molar-refractivity contribution in [2.75, 3.05) is 0 Å². The third-order valence-corrected chi connectivity index (χ3v) is 42.1. The molecule has 0 spiro atoms. The molecule has 4 rings (SSSR count). The SMILES string of the molecule is CC1=C(C)C([Si](c2c([Si](C)(C)C)cc([Si](C)(C)C)c([Si](C)(C)C)c2C)(c2c([Si](C)(C)C)cc([Si](C)(C)C)c([Si](C)(C)C)c2C)c2c([Si](C)(C)C)cc([Si](C)(C)C)c([Si](C)(C)C)c2C)C(C)=C1C. The van der Waals surface area contributed by atoms with Crippen LogP contribution in [0.3, 0.4) is 0 Å². The van der Waals surface area contributed by atoms with Crippen molar-refractivity contribution in [3.05, 3.63) is 57.2 Å². The Bertz CT molecular complexity index is 2260. The summed E-state index contributed by atoms with van der Waals surface area (Å²) in [6, 6.07) is 8.96. The highest BCUT2D eigenvalue weighted by Crippen LogP contribution is 2.47. The maximum atomic E-state index is 2.99. The van der Waals surface area contributed by atoms with E-state index in [2.05, 4.69) is 243 Å². The van der Waals surface area contributed by atoms with Gasteiger partial charge in [0.05, 0.1) is 72.7 Å². The Morgan fingerprint density at radius 3 is 0.552 bits per heavy atom. The molecule has 3 aromatic carbocycles. The van der Waals surface area contributed by atoms with Gasteiger partial charge in [0.25, 0.3) is 0 Å². The highest BCUT2D eigenvalue weighted by molar-refractivity contribution is 7.22. The quantitative estimate of drug-likeness (QED) is 0.118. The molecule has 67 heavy (non-hydrogen) atoms. The summed E-state index contributed by atoms with van der Waals surface area (Å²) >= 11 is 0. The van der Waals surface area contributed by atoms with Crippen LogP contribution < -0.4 is 62.2 Å². The molecule has 374 valence electrons. The molecule has 0 saturated carbocycles. The summed E-state index contributed by atoms with van der Waals surface area (Å²) in [6.45, 7) is 91.5. The first-order chi connectivity index (χ1) is 29.4. The topological polar surface area (TPSA) is 0 Å². The first-order valence-corrected chi connectivity index (χ1v) is 59.9. The van der Waals surface area contributed by atoms with Gasteiger partial charge in [0.15, 0.2) is 8.07 Å². The van der Waals surface area contributed by atoms with Crippen LogP contribution in [0.1, 0.15) is 44.4 Å². The van der Waals surface area contributed by atoms with Crippen LogP contribution in [0, 0.1) is 20.8 Å². The standard InChI is InChI=1S/C57H106Si10/c1-38-39(2)41(4)51(40(38)3)67(55-42(5)52(64(26,27)28)45(58(8,9)10)35-48(55)61(17,18)19,56-43(6)53(65(29,30)31)46(59(11,12)13)36-49(56)62(20,21)22)57-44(7)54(66(32,33)34)47(60(14,15)16)37-50(57)63(23,24)25/h35-37,51H,1-34H3. The lowest BCUT2D eigenvalue weighted by Gasteiger charge is -2.52. The molecule has 0 N–H and O–H groups in total. The van der Waals surface area contributed by atoms with Crippen LogP contribution in [0.15, 0.2) is 40.5 Å². The Morgan fingerprint density at radius 2 is 0.403 bits per heavy atom. The van der Waals surface area contributed by atoms with E-state index < -0.39 is 80.7 Å². The molecular weight excluding hydrogens is 965 g/mol. The van der Waals surface area contributed by atoms with E-state index in [4.69, 9.17) is 0 Å². The van der Waals surface area contributed by atoms with Crippen LogP contribution in [0.25, 0.3) is 0 Å². The van der Waals surface area contributed by atoms with E-state index in [1.165, 1.54) is 0 Å². The summed E-state index contributed by atoms with van der Waals surface area (Å²) in [7, 11) is -20.6. The zero-order valence-electron chi connectivity index (χ0n) is 50.8. The Labute approximate surface area is 427 Å². The molecule has 0 radical (unpaired) electrons. The van der Waals surface area contributed by atoms with Crippen molar-refractivity contribution in [2.24, 2.45) is 0 Å². The van der Waals surface area contributed by atoms with Gasteiger partial charge in [-0.1, -0.05) is 269 Å². The minimum absolute atomic E-state index is 0.343. The predicted octanol–water partition coefficient (Wildman–Crippen LogP) is 11.0. The Kier molecular flexibility index (Phi) is 15.9. The summed E-state index contributed by atoms with van der Waals surface area (Å²) in [4.78, 5) is 0. The van der Waals surface area contributed by atoms with Gasteiger partial charge in [-0.2, -0.15) is 0 Å². The third-order valence-electron chi connectivity index (χ3n) is 16.1. The van der Waals surface area contributed by atoms with E-state index in [0.717, 1.165) is 0 Å². The van der Waals surface area contributed by atoms with E-state index in [1.807, 2.05) is 46.7 Å². The fourth-order valence-corrected chi connectivity index (χ4v) is 48.4. The van der Waals surface area contributed by atoms with Crippen molar-refractivity contribution in [1.82, 2.24) is 0 Å². The molecule has 3 aromatic rings. The molecule has 0 unspecified atom stereocenters. The Hall–Kier alpha value is -0.691. The largest absolute Gasteiger partial charge is 0.159 e. The molecule has 0 aliphatic heterocycles. The fourth-order valence-electron chi connectivity index (χ4n) is 13.2. The summed E-state index contributed by atoms with van der Waals surface area (Å²) in [5, 5.41) is 21.9. The molecule has 0 amide bonds. The van der Waals surface area contributed by atoms with E-state index in [0.29, 0.717) is 5.54 Å². The Balaban J connectivity index is 2.99. The minimum atomic E-state index is -3.27. The van der Waals surface area contributed by atoms with Crippen LogP contribution in [0.4, 0.5) is 0 Å². The van der Waals surface area contributed by atoms with Crippen molar-refractivity contribution >= 4 is 143 Å². The molecule has 10 heteroatoms. The van der Waals surface area contributed by atoms with Gasteiger partial charge < -0.3 is 0 Å². The van der Waals surface area contributed by atoms with Gasteiger partial charge in [0.2, 0.25) is 0 Å². The number of allylic oxidation sites excluding steroid dienone is 4. The Morgan fingerprint density at radius 1 is 0.239 bits per heavy atom. The second kappa shape index (κ2) is 18.1. The van der Waals surface area contributed by atoms with Gasteiger partial charge in [-0.05, 0) is 75.2 Å². The lowest BCUT2D eigenvalue weighted by atomic mass is 10.1. The molecule has 1 aliphatic rings. The van der Waals surface area contributed by atoms with Gasteiger partial charge in [0.1, 0.15) is 0 Å². The van der Waals surface area contributed by atoms with E-state index in [1.54, 1.807) is 54.5 Å². The first kappa shape index (κ1) is 58.9. The lowest BCUT2D eigenvalue weighted by molar-refractivity contribution is 1.09. The summed E-state index contributed by atoms with van der Waals surface area (Å²) in [5.74, 6) is 0. The normalized spacial score (nSPS) is 16.0. The third kappa shape index (κ3) is 10.6. The molecule has 0 bridgehead atoms. The van der Waals surface area contributed by atoms with Gasteiger partial charge in [-0.15, -0.1) is 0 Å². The molecule has 0 aromatic heterocycles. The van der Waals surface area contributed by atoms with Crippen molar-refractivity contribution in [1.29, 1.82) is 0 Å². The zero-order valence-corrected chi connectivity index (χ0v) is 60.8. The van der Waals surface area contributed by atoms with E-state index in [9.17, 15) is 0 Å². The number of benzene rings is 3. The highest BCUT2D eigenvalue weighted by atomic mass is 28.3.